The molecule has 1 aliphatic carbocycles. The van der Waals surface area contributed by atoms with Crippen LogP contribution in [-0.2, 0) is 4.79 Å². The highest BCUT2D eigenvalue weighted by Crippen LogP contribution is 2.34. The van der Waals surface area contributed by atoms with Crippen LogP contribution in [0, 0.1) is 12.8 Å². The summed E-state index contributed by atoms with van der Waals surface area (Å²) in [5, 5.41) is 8.09. The van der Waals surface area contributed by atoms with Gasteiger partial charge in [0.1, 0.15) is 0 Å². The molecule has 7 heteroatoms. The van der Waals surface area contributed by atoms with E-state index >= 15 is 0 Å². The Morgan fingerprint density at radius 3 is 2.72 bits per heavy atom. The molecule has 4 atom stereocenters. The molecule has 5 nitrogen and oxygen atoms in total. The molecule has 1 aromatic heterocycles. The number of fused-ring (bicyclic) bond motifs is 1. The molecule has 2 aliphatic heterocycles. The zero-order valence-corrected chi connectivity index (χ0v) is 16.5. The minimum absolute atomic E-state index is 0. The first kappa shape index (κ1) is 20.5. The summed E-state index contributed by atoms with van der Waals surface area (Å²) in [4.78, 5) is 15.0. The van der Waals surface area contributed by atoms with Gasteiger partial charge in [0.15, 0.2) is 0 Å². The van der Waals surface area contributed by atoms with Crippen molar-refractivity contribution in [2.75, 3.05) is 13.1 Å². The van der Waals surface area contributed by atoms with Gasteiger partial charge in [-0.3, -0.25) is 9.48 Å². The third-order valence-corrected chi connectivity index (χ3v) is 5.97. The van der Waals surface area contributed by atoms with Crippen LogP contribution in [0.1, 0.15) is 56.6 Å². The number of halogens is 2. The second-order valence-corrected chi connectivity index (χ2v) is 7.68. The van der Waals surface area contributed by atoms with Gasteiger partial charge in [0, 0.05) is 25.3 Å². The third-order valence-electron chi connectivity index (χ3n) is 5.97. The van der Waals surface area contributed by atoms with Crippen LogP contribution in [0.5, 0.6) is 0 Å². The molecule has 1 saturated carbocycles. The maximum atomic E-state index is 13.0. The van der Waals surface area contributed by atoms with Crippen LogP contribution in [0.2, 0.25) is 0 Å². The summed E-state index contributed by atoms with van der Waals surface area (Å²) in [6.45, 7) is 3.79. The molecule has 4 unspecified atom stereocenters. The number of likely N-dealkylation sites (tertiary alicyclic amines) is 1. The monoisotopic (exact) mass is 388 g/mol. The van der Waals surface area contributed by atoms with Crippen LogP contribution in [0.3, 0.4) is 0 Å². The van der Waals surface area contributed by atoms with Crippen LogP contribution >= 0.6 is 24.8 Å². The van der Waals surface area contributed by atoms with Gasteiger partial charge in [-0.15, -0.1) is 24.8 Å². The zero-order chi connectivity index (χ0) is 15.8. The maximum absolute atomic E-state index is 13.0. The van der Waals surface area contributed by atoms with Crippen molar-refractivity contribution < 1.29 is 4.79 Å². The van der Waals surface area contributed by atoms with Crippen molar-refractivity contribution in [3.63, 3.8) is 0 Å². The second-order valence-electron chi connectivity index (χ2n) is 7.68. The highest BCUT2D eigenvalue weighted by Gasteiger charge is 2.40. The quantitative estimate of drug-likeness (QED) is 0.846. The number of hydrogen-bond donors (Lipinski definition) is 1. The Labute approximate surface area is 162 Å². The van der Waals surface area contributed by atoms with E-state index in [1.807, 2.05) is 6.20 Å². The molecule has 3 heterocycles. The number of aromatic nitrogens is 2. The lowest BCUT2D eigenvalue weighted by Crippen LogP contribution is -2.49. The van der Waals surface area contributed by atoms with Crippen LogP contribution in [0.25, 0.3) is 0 Å². The summed E-state index contributed by atoms with van der Waals surface area (Å²) in [6, 6.07) is 0.985. The number of piperidine rings is 1. The van der Waals surface area contributed by atoms with E-state index in [0.717, 1.165) is 38.3 Å². The Balaban J connectivity index is 0.00000113. The average molecular weight is 389 g/mol. The van der Waals surface area contributed by atoms with Crippen LogP contribution in [-0.4, -0.2) is 45.8 Å². The maximum Gasteiger partial charge on any atom is 0.239 e. The van der Waals surface area contributed by atoms with Gasteiger partial charge < -0.3 is 10.2 Å². The molecule has 25 heavy (non-hydrogen) atoms. The van der Waals surface area contributed by atoms with Crippen molar-refractivity contribution >= 4 is 30.7 Å². The zero-order valence-electron chi connectivity index (χ0n) is 14.9. The van der Waals surface area contributed by atoms with E-state index in [2.05, 4.69) is 33.1 Å². The minimum atomic E-state index is 0. The molecule has 0 spiro atoms. The van der Waals surface area contributed by atoms with E-state index in [1.54, 1.807) is 0 Å². The highest BCUT2D eigenvalue weighted by atomic mass is 35.5. The van der Waals surface area contributed by atoms with Gasteiger partial charge in [-0.05, 0) is 50.5 Å². The molecule has 2 saturated heterocycles. The van der Waals surface area contributed by atoms with Gasteiger partial charge >= 0.3 is 0 Å². The van der Waals surface area contributed by atoms with Gasteiger partial charge in [-0.1, -0.05) is 12.8 Å². The summed E-state index contributed by atoms with van der Waals surface area (Å²) in [6.07, 6.45) is 12.5. The van der Waals surface area contributed by atoms with Gasteiger partial charge in [-0.25, -0.2) is 0 Å². The topological polar surface area (TPSA) is 50.2 Å². The Morgan fingerprint density at radius 2 is 2.00 bits per heavy atom. The number of nitrogens with one attached hydrogen (secondary N) is 1. The largest absolute Gasteiger partial charge is 0.339 e. The lowest BCUT2D eigenvalue weighted by atomic mass is 9.85. The summed E-state index contributed by atoms with van der Waals surface area (Å²) in [5.41, 5.74) is 1.19. The molecule has 0 bridgehead atoms. The van der Waals surface area contributed by atoms with Crippen LogP contribution in [0.15, 0.2) is 12.4 Å². The van der Waals surface area contributed by atoms with E-state index in [0.29, 0.717) is 18.0 Å². The van der Waals surface area contributed by atoms with Gasteiger partial charge in [0.2, 0.25) is 5.91 Å². The Morgan fingerprint density at radius 1 is 1.20 bits per heavy atom. The summed E-state index contributed by atoms with van der Waals surface area (Å²) >= 11 is 0. The van der Waals surface area contributed by atoms with Gasteiger partial charge in [-0.2, -0.15) is 5.10 Å². The Kier molecular flexibility index (Phi) is 7.18. The minimum Gasteiger partial charge on any atom is -0.339 e. The number of nitrogens with zero attached hydrogens (tertiary/aromatic N) is 3. The van der Waals surface area contributed by atoms with Crippen molar-refractivity contribution in [1.29, 1.82) is 0 Å². The summed E-state index contributed by atoms with van der Waals surface area (Å²) in [5.74, 6) is 1.06. The van der Waals surface area contributed by atoms with E-state index in [1.165, 1.54) is 31.2 Å². The molecule has 1 aromatic rings. The van der Waals surface area contributed by atoms with Crippen molar-refractivity contribution in [3.05, 3.63) is 18.0 Å². The molecule has 3 fully saturated rings. The van der Waals surface area contributed by atoms with Crippen molar-refractivity contribution in [2.24, 2.45) is 5.92 Å². The molecule has 4 rings (SSSR count). The first-order chi connectivity index (χ1) is 11.2. The first-order valence-electron chi connectivity index (χ1n) is 9.26. The fraction of sp³-hybridized carbons (Fsp3) is 0.778. The van der Waals surface area contributed by atoms with Crippen molar-refractivity contribution in [1.82, 2.24) is 20.0 Å². The van der Waals surface area contributed by atoms with Gasteiger partial charge in [0.05, 0.1) is 18.3 Å². The molecular formula is C18H30Cl2N4O. The highest BCUT2D eigenvalue weighted by molar-refractivity contribution is 5.85. The predicted octanol–water partition coefficient (Wildman–Crippen LogP) is 3.12. The van der Waals surface area contributed by atoms with Crippen molar-refractivity contribution in [3.8, 4) is 0 Å². The van der Waals surface area contributed by atoms with E-state index in [-0.39, 0.29) is 30.9 Å². The molecule has 142 valence electrons. The second kappa shape index (κ2) is 8.74. The fourth-order valence-electron chi connectivity index (χ4n) is 4.73. The smallest absolute Gasteiger partial charge is 0.239 e. The van der Waals surface area contributed by atoms with Crippen LogP contribution < -0.4 is 5.32 Å². The summed E-state index contributed by atoms with van der Waals surface area (Å²) in [7, 11) is 0. The van der Waals surface area contributed by atoms with E-state index < -0.39 is 0 Å². The van der Waals surface area contributed by atoms with E-state index in [9.17, 15) is 4.79 Å². The molecule has 0 aromatic carbocycles. The number of hydrogen-bond acceptors (Lipinski definition) is 3. The van der Waals surface area contributed by atoms with Gasteiger partial charge in [0.25, 0.3) is 0 Å². The lowest BCUT2D eigenvalue weighted by Gasteiger charge is -2.34. The van der Waals surface area contributed by atoms with Crippen molar-refractivity contribution in [2.45, 2.75) is 70.0 Å². The Hall–Kier alpha value is -0.780. The number of rotatable bonds is 2. The number of aryl methyl sites for hydroxylation is 1. The lowest BCUT2D eigenvalue weighted by molar-refractivity contribution is -0.134. The molecular weight excluding hydrogens is 359 g/mol. The normalized spacial score (nSPS) is 31.6. The number of carbonyl (C=O) groups excluding carboxylic acids is 1. The first-order valence-corrected chi connectivity index (χ1v) is 9.26. The van der Waals surface area contributed by atoms with E-state index in [4.69, 9.17) is 0 Å². The Bertz CT molecular complexity index is 565. The van der Waals surface area contributed by atoms with Crippen LogP contribution in [0.4, 0.5) is 0 Å². The SMILES string of the molecule is Cc1cnn(C2CCCN(C(=O)C3CC4CCCCC4N3)C2)c1.Cl.Cl. The standard InChI is InChI=1S/C18H28N4O.2ClH/c1-13-10-19-22(11-13)15-6-4-8-21(12-15)18(23)17-9-14-5-2-3-7-16(14)20-17;;/h10-11,14-17,20H,2-9,12H2,1H3;2*1H. The number of amides is 1. The molecule has 1 N–H and O–H groups in total. The molecule has 1 amide bonds. The predicted molar refractivity (Wildman–Crippen MR) is 104 cm³/mol. The molecule has 3 aliphatic rings. The number of carbonyl (C=O) groups is 1. The average Bonchev–Trinajstić information content (AvgIpc) is 3.20. The molecule has 0 radical (unpaired) electrons. The fourth-order valence-corrected chi connectivity index (χ4v) is 4.73. The third kappa shape index (κ3) is 4.32. The summed E-state index contributed by atoms with van der Waals surface area (Å²) < 4.78 is 2.05.